The first kappa shape index (κ1) is 26.1. The molecule has 1 saturated heterocycles. The average Bonchev–Trinajstić information content (AvgIpc) is 2.88. The molecule has 9 nitrogen and oxygen atoms in total. The number of aryl methyl sites for hydroxylation is 1. The maximum atomic E-state index is 12.8. The number of rotatable bonds is 9. The molecule has 1 amide bonds. The maximum absolute atomic E-state index is 12.8. The van der Waals surface area contributed by atoms with E-state index in [1.807, 2.05) is 24.3 Å². The lowest BCUT2D eigenvalue weighted by atomic mass is 9.96. The monoisotopic (exact) mass is 475 g/mol. The van der Waals surface area contributed by atoms with E-state index in [2.05, 4.69) is 0 Å². The number of nitrogens with zero attached hydrogens (tertiary/aromatic N) is 1. The van der Waals surface area contributed by atoms with Gasteiger partial charge in [-0.25, -0.2) is 0 Å². The van der Waals surface area contributed by atoms with Crippen LogP contribution in [0.2, 0.25) is 0 Å². The lowest BCUT2D eigenvalue weighted by Gasteiger charge is -2.29. The van der Waals surface area contributed by atoms with E-state index in [1.165, 1.54) is 6.92 Å². The van der Waals surface area contributed by atoms with Gasteiger partial charge >= 0.3 is 0 Å². The minimum absolute atomic E-state index is 0.0461. The number of aliphatic hydroxyl groups excluding tert-OH is 5. The minimum atomic E-state index is -1.80. The summed E-state index contributed by atoms with van der Waals surface area (Å²) in [6.07, 6.45) is -6.72. The van der Waals surface area contributed by atoms with Gasteiger partial charge in [0.1, 0.15) is 18.0 Å². The standard InChI is InChI=1S/C25H33NO8/c1-15-12-18(17-4-3-5-19(13-17)24(31)26-8-10-33-11-9-26)6-7-20(15)34-25(32)23(30)22(29)21(28)16(2)14-27/h3-7,12-13,16,21-23,25,27-30,32H,8-11,14H2,1-2H3. The van der Waals surface area contributed by atoms with Crippen molar-refractivity contribution in [1.82, 2.24) is 4.90 Å². The number of benzene rings is 2. The first-order valence-electron chi connectivity index (χ1n) is 11.3. The second-order valence-electron chi connectivity index (χ2n) is 8.61. The molecule has 0 aliphatic carbocycles. The third-order valence-electron chi connectivity index (χ3n) is 6.03. The Morgan fingerprint density at radius 1 is 1.00 bits per heavy atom. The van der Waals surface area contributed by atoms with Crippen LogP contribution < -0.4 is 4.74 Å². The second kappa shape index (κ2) is 11.7. The van der Waals surface area contributed by atoms with E-state index in [9.17, 15) is 25.2 Å². The van der Waals surface area contributed by atoms with Gasteiger partial charge in [0.05, 0.1) is 19.3 Å². The number of amides is 1. The number of carbonyl (C=O) groups excluding carboxylic acids is 1. The van der Waals surface area contributed by atoms with Crippen molar-refractivity contribution in [3.8, 4) is 16.9 Å². The van der Waals surface area contributed by atoms with Gasteiger partial charge in [-0.2, -0.15) is 0 Å². The van der Waals surface area contributed by atoms with Crippen LogP contribution in [0.4, 0.5) is 0 Å². The highest BCUT2D eigenvalue weighted by Crippen LogP contribution is 2.28. The number of hydrogen-bond acceptors (Lipinski definition) is 8. The van der Waals surface area contributed by atoms with Crippen molar-refractivity contribution in [2.75, 3.05) is 32.9 Å². The van der Waals surface area contributed by atoms with E-state index in [-0.39, 0.29) is 18.3 Å². The third-order valence-corrected chi connectivity index (χ3v) is 6.03. The fraction of sp³-hybridized carbons (Fsp3) is 0.480. The van der Waals surface area contributed by atoms with Crippen molar-refractivity contribution in [1.29, 1.82) is 0 Å². The molecule has 0 spiro atoms. The Kier molecular flexibility index (Phi) is 9.01. The predicted octanol–water partition coefficient (Wildman–Crippen LogP) is 0.543. The Labute approximate surface area is 198 Å². The smallest absolute Gasteiger partial charge is 0.254 e. The summed E-state index contributed by atoms with van der Waals surface area (Å²) in [6.45, 7) is 5.06. The van der Waals surface area contributed by atoms with Crippen LogP contribution >= 0.6 is 0 Å². The molecule has 34 heavy (non-hydrogen) atoms. The molecule has 0 saturated carbocycles. The third kappa shape index (κ3) is 6.12. The number of ether oxygens (including phenoxy) is 2. The van der Waals surface area contributed by atoms with Gasteiger partial charge in [-0.3, -0.25) is 4.79 Å². The van der Waals surface area contributed by atoms with Gasteiger partial charge in [-0.15, -0.1) is 0 Å². The molecule has 5 atom stereocenters. The van der Waals surface area contributed by atoms with E-state index in [0.29, 0.717) is 37.4 Å². The number of hydrogen-bond donors (Lipinski definition) is 5. The van der Waals surface area contributed by atoms with Crippen LogP contribution in [-0.4, -0.2) is 93.9 Å². The van der Waals surface area contributed by atoms with Crippen LogP contribution in [0.1, 0.15) is 22.8 Å². The number of morpholine rings is 1. The first-order chi connectivity index (χ1) is 16.2. The summed E-state index contributed by atoms with van der Waals surface area (Å²) in [5.74, 6) is -0.452. The Bertz CT molecular complexity index is 962. The molecule has 2 aromatic carbocycles. The van der Waals surface area contributed by atoms with Gasteiger partial charge in [0.15, 0.2) is 0 Å². The summed E-state index contributed by atoms with van der Waals surface area (Å²) in [4.78, 5) is 14.6. The van der Waals surface area contributed by atoms with Gasteiger partial charge in [0, 0.05) is 31.2 Å². The van der Waals surface area contributed by atoms with E-state index in [0.717, 1.165) is 11.1 Å². The van der Waals surface area contributed by atoms with Crippen molar-refractivity contribution in [2.24, 2.45) is 5.92 Å². The predicted molar refractivity (Wildman–Crippen MR) is 124 cm³/mol. The normalized spacial score (nSPS) is 18.6. The van der Waals surface area contributed by atoms with Gasteiger partial charge in [0.25, 0.3) is 5.91 Å². The largest absolute Gasteiger partial charge is 0.462 e. The zero-order valence-corrected chi connectivity index (χ0v) is 19.4. The summed E-state index contributed by atoms with van der Waals surface area (Å²) in [5.41, 5.74) is 2.92. The topological polar surface area (TPSA) is 140 Å². The summed E-state index contributed by atoms with van der Waals surface area (Å²) in [5, 5.41) is 49.5. The molecule has 9 heteroatoms. The lowest BCUT2D eigenvalue weighted by Crippen LogP contribution is -2.49. The Hall–Kier alpha value is -2.53. The van der Waals surface area contributed by atoms with Crippen molar-refractivity contribution >= 4 is 5.91 Å². The Morgan fingerprint density at radius 3 is 2.32 bits per heavy atom. The van der Waals surface area contributed by atoms with E-state index in [4.69, 9.17) is 14.6 Å². The summed E-state index contributed by atoms with van der Waals surface area (Å²) >= 11 is 0. The van der Waals surface area contributed by atoms with E-state index in [1.54, 1.807) is 30.0 Å². The average molecular weight is 476 g/mol. The van der Waals surface area contributed by atoms with Crippen molar-refractivity contribution in [2.45, 2.75) is 38.4 Å². The SMILES string of the molecule is Cc1cc(-c2cccc(C(=O)N3CCOCC3)c2)ccc1OC(O)C(O)C(O)C(O)C(C)CO. The van der Waals surface area contributed by atoms with Crippen LogP contribution in [0, 0.1) is 12.8 Å². The molecule has 0 aromatic heterocycles. The molecule has 1 heterocycles. The van der Waals surface area contributed by atoms with Gasteiger partial charge in [0.2, 0.25) is 6.29 Å². The molecule has 3 rings (SSSR count). The van der Waals surface area contributed by atoms with Crippen LogP contribution in [0.5, 0.6) is 5.75 Å². The van der Waals surface area contributed by atoms with E-state index >= 15 is 0 Å². The molecule has 1 aliphatic rings. The molecule has 0 radical (unpaired) electrons. The zero-order valence-electron chi connectivity index (χ0n) is 19.4. The number of carbonyl (C=O) groups is 1. The molecule has 186 valence electrons. The van der Waals surface area contributed by atoms with Crippen molar-refractivity contribution in [3.63, 3.8) is 0 Å². The molecule has 1 fully saturated rings. The Morgan fingerprint density at radius 2 is 1.68 bits per heavy atom. The van der Waals surface area contributed by atoms with Crippen LogP contribution in [0.15, 0.2) is 42.5 Å². The summed E-state index contributed by atoms with van der Waals surface area (Å²) in [7, 11) is 0. The molecular formula is C25H33NO8. The fourth-order valence-electron chi connectivity index (χ4n) is 3.76. The fourth-order valence-corrected chi connectivity index (χ4v) is 3.76. The van der Waals surface area contributed by atoms with Gasteiger partial charge in [-0.05, 0) is 47.9 Å². The molecule has 1 aliphatic heterocycles. The van der Waals surface area contributed by atoms with Crippen molar-refractivity contribution < 1.29 is 39.8 Å². The molecule has 0 bridgehead atoms. The molecule has 5 unspecified atom stereocenters. The van der Waals surface area contributed by atoms with E-state index < -0.39 is 30.5 Å². The lowest BCUT2D eigenvalue weighted by molar-refractivity contribution is -0.172. The highest BCUT2D eigenvalue weighted by Gasteiger charge is 2.34. The van der Waals surface area contributed by atoms with Crippen LogP contribution in [0.3, 0.4) is 0 Å². The minimum Gasteiger partial charge on any atom is -0.462 e. The van der Waals surface area contributed by atoms with Crippen LogP contribution in [-0.2, 0) is 4.74 Å². The second-order valence-corrected chi connectivity index (χ2v) is 8.61. The molecule has 5 N–H and O–H groups in total. The quantitative estimate of drug-likeness (QED) is 0.331. The molecular weight excluding hydrogens is 442 g/mol. The van der Waals surface area contributed by atoms with Crippen LogP contribution in [0.25, 0.3) is 11.1 Å². The highest BCUT2D eigenvalue weighted by atomic mass is 16.6. The van der Waals surface area contributed by atoms with Crippen molar-refractivity contribution in [3.05, 3.63) is 53.6 Å². The van der Waals surface area contributed by atoms with Gasteiger partial charge < -0.3 is 39.9 Å². The zero-order chi connectivity index (χ0) is 24.8. The Balaban J connectivity index is 1.71. The maximum Gasteiger partial charge on any atom is 0.254 e. The highest BCUT2D eigenvalue weighted by molar-refractivity contribution is 5.95. The molecule has 2 aromatic rings. The van der Waals surface area contributed by atoms with Gasteiger partial charge in [-0.1, -0.05) is 25.1 Å². The first-order valence-corrected chi connectivity index (χ1v) is 11.3. The summed E-state index contributed by atoms with van der Waals surface area (Å²) < 4.78 is 10.7. The number of aliphatic hydroxyl groups is 5. The summed E-state index contributed by atoms with van der Waals surface area (Å²) in [6, 6.07) is 12.5.